The third kappa shape index (κ3) is 3.78. The summed E-state index contributed by atoms with van der Waals surface area (Å²) in [5.41, 5.74) is 0. The fourth-order valence-corrected chi connectivity index (χ4v) is 2.62. The molecule has 0 saturated heterocycles. The summed E-state index contributed by atoms with van der Waals surface area (Å²) < 4.78 is 37.9. The SMILES string of the molecule is CN(CCCC(=O)O)S(=O)(=O)c1cccc(F)c1. The molecule has 0 amide bonds. The van der Waals surface area contributed by atoms with Gasteiger partial charge < -0.3 is 5.11 Å². The lowest BCUT2D eigenvalue weighted by Gasteiger charge is -2.16. The predicted molar refractivity (Wildman–Crippen MR) is 63.1 cm³/mol. The van der Waals surface area contributed by atoms with Crippen LogP contribution in [0.1, 0.15) is 12.8 Å². The highest BCUT2D eigenvalue weighted by Gasteiger charge is 2.20. The van der Waals surface area contributed by atoms with Gasteiger partial charge in [-0.25, -0.2) is 17.1 Å². The second-order valence-corrected chi connectivity index (χ2v) is 5.83. The summed E-state index contributed by atoms with van der Waals surface area (Å²) >= 11 is 0. The molecule has 1 rings (SSSR count). The summed E-state index contributed by atoms with van der Waals surface area (Å²) in [6, 6.07) is 4.70. The van der Waals surface area contributed by atoms with Gasteiger partial charge in [0.1, 0.15) is 5.82 Å². The number of aliphatic carboxylic acids is 1. The van der Waals surface area contributed by atoms with Crippen LogP contribution in [-0.4, -0.2) is 37.4 Å². The van der Waals surface area contributed by atoms with Crippen molar-refractivity contribution in [3.8, 4) is 0 Å². The Hall–Kier alpha value is -1.47. The lowest BCUT2D eigenvalue weighted by molar-refractivity contribution is -0.137. The number of carboxylic acid groups (broad SMARTS) is 1. The van der Waals surface area contributed by atoms with E-state index in [1.165, 1.54) is 19.2 Å². The Kier molecular flexibility index (Phi) is 4.80. The molecule has 0 atom stereocenters. The molecule has 0 aliphatic carbocycles. The van der Waals surface area contributed by atoms with Crippen molar-refractivity contribution in [3.63, 3.8) is 0 Å². The van der Waals surface area contributed by atoms with E-state index in [0.717, 1.165) is 16.4 Å². The van der Waals surface area contributed by atoms with E-state index in [0.29, 0.717) is 0 Å². The highest BCUT2D eigenvalue weighted by atomic mass is 32.2. The van der Waals surface area contributed by atoms with Crippen LogP contribution in [0.3, 0.4) is 0 Å². The van der Waals surface area contributed by atoms with Crippen molar-refractivity contribution < 1.29 is 22.7 Å². The molecule has 1 aromatic rings. The molecular formula is C11H14FNO4S. The van der Waals surface area contributed by atoms with Gasteiger partial charge in [-0.3, -0.25) is 4.79 Å². The van der Waals surface area contributed by atoms with Gasteiger partial charge in [0.2, 0.25) is 10.0 Å². The zero-order chi connectivity index (χ0) is 13.8. The van der Waals surface area contributed by atoms with Gasteiger partial charge >= 0.3 is 5.97 Å². The van der Waals surface area contributed by atoms with Gasteiger partial charge in [0.15, 0.2) is 0 Å². The minimum Gasteiger partial charge on any atom is -0.481 e. The largest absolute Gasteiger partial charge is 0.481 e. The Morgan fingerprint density at radius 3 is 2.67 bits per heavy atom. The number of halogens is 1. The molecule has 0 aromatic heterocycles. The van der Waals surface area contributed by atoms with E-state index in [1.807, 2.05) is 0 Å². The van der Waals surface area contributed by atoms with Crippen molar-refractivity contribution in [1.82, 2.24) is 4.31 Å². The molecule has 0 saturated carbocycles. The van der Waals surface area contributed by atoms with Crippen molar-refractivity contribution in [2.75, 3.05) is 13.6 Å². The summed E-state index contributed by atoms with van der Waals surface area (Å²) in [5.74, 6) is -1.61. The highest BCUT2D eigenvalue weighted by Crippen LogP contribution is 2.15. The van der Waals surface area contributed by atoms with Crippen molar-refractivity contribution in [2.45, 2.75) is 17.7 Å². The number of nitrogens with zero attached hydrogens (tertiary/aromatic N) is 1. The maximum atomic E-state index is 13.0. The van der Waals surface area contributed by atoms with Crippen LogP contribution in [0.5, 0.6) is 0 Å². The number of rotatable bonds is 6. The molecular weight excluding hydrogens is 261 g/mol. The molecule has 100 valence electrons. The predicted octanol–water partition coefficient (Wildman–Crippen LogP) is 1.31. The number of benzene rings is 1. The normalized spacial score (nSPS) is 11.7. The molecule has 0 fully saturated rings. The maximum absolute atomic E-state index is 13.0. The number of hydrogen-bond acceptors (Lipinski definition) is 3. The molecule has 0 bridgehead atoms. The summed E-state index contributed by atoms with van der Waals surface area (Å²) in [6.45, 7) is 0.0746. The topological polar surface area (TPSA) is 74.7 Å². The fraction of sp³-hybridized carbons (Fsp3) is 0.364. The van der Waals surface area contributed by atoms with E-state index in [-0.39, 0.29) is 24.3 Å². The molecule has 1 aromatic carbocycles. The van der Waals surface area contributed by atoms with Gasteiger partial charge in [-0.05, 0) is 24.6 Å². The number of hydrogen-bond donors (Lipinski definition) is 1. The Balaban J connectivity index is 2.77. The summed E-state index contributed by atoms with van der Waals surface area (Å²) in [4.78, 5) is 10.2. The second kappa shape index (κ2) is 5.92. The quantitative estimate of drug-likeness (QED) is 0.849. The molecule has 0 unspecified atom stereocenters. The minimum atomic E-state index is -3.76. The zero-order valence-electron chi connectivity index (χ0n) is 9.84. The van der Waals surface area contributed by atoms with Crippen LogP contribution in [0.4, 0.5) is 4.39 Å². The first-order valence-corrected chi connectivity index (χ1v) is 6.72. The third-order valence-corrected chi connectivity index (χ3v) is 4.22. The first kappa shape index (κ1) is 14.6. The van der Waals surface area contributed by atoms with E-state index < -0.39 is 21.8 Å². The average Bonchev–Trinajstić information content (AvgIpc) is 2.28. The lowest BCUT2D eigenvalue weighted by atomic mass is 10.3. The maximum Gasteiger partial charge on any atom is 0.303 e. The van der Waals surface area contributed by atoms with Crippen LogP contribution in [0.2, 0.25) is 0 Å². The van der Waals surface area contributed by atoms with Crippen molar-refractivity contribution in [3.05, 3.63) is 30.1 Å². The smallest absolute Gasteiger partial charge is 0.303 e. The molecule has 1 N–H and O–H groups in total. The molecule has 0 aliphatic heterocycles. The second-order valence-electron chi connectivity index (χ2n) is 3.78. The van der Waals surface area contributed by atoms with Crippen LogP contribution < -0.4 is 0 Å². The van der Waals surface area contributed by atoms with E-state index in [1.54, 1.807) is 0 Å². The molecule has 0 spiro atoms. The fourth-order valence-electron chi connectivity index (χ4n) is 1.38. The van der Waals surface area contributed by atoms with E-state index >= 15 is 0 Å². The Morgan fingerprint density at radius 1 is 1.44 bits per heavy atom. The molecule has 18 heavy (non-hydrogen) atoms. The lowest BCUT2D eigenvalue weighted by Crippen LogP contribution is -2.28. The van der Waals surface area contributed by atoms with Gasteiger partial charge in [0.05, 0.1) is 4.90 Å². The number of carbonyl (C=O) groups is 1. The molecule has 5 nitrogen and oxygen atoms in total. The summed E-state index contributed by atoms with van der Waals surface area (Å²) in [6.07, 6.45) is 0.101. The van der Waals surface area contributed by atoms with Crippen LogP contribution >= 0.6 is 0 Å². The molecule has 0 aliphatic rings. The van der Waals surface area contributed by atoms with Crippen LogP contribution in [0.25, 0.3) is 0 Å². The van der Waals surface area contributed by atoms with Gasteiger partial charge in [-0.1, -0.05) is 6.07 Å². The van der Waals surface area contributed by atoms with Crippen molar-refractivity contribution in [1.29, 1.82) is 0 Å². The van der Waals surface area contributed by atoms with Gasteiger partial charge in [-0.15, -0.1) is 0 Å². The van der Waals surface area contributed by atoms with Gasteiger partial charge in [0, 0.05) is 20.0 Å². The highest BCUT2D eigenvalue weighted by molar-refractivity contribution is 7.89. The molecule has 0 radical (unpaired) electrons. The van der Waals surface area contributed by atoms with E-state index in [9.17, 15) is 17.6 Å². The standard InChI is InChI=1S/C11H14FNO4S/c1-13(7-3-6-11(14)15)18(16,17)10-5-2-4-9(12)8-10/h2,4-5,8H,3,6-7H2,1H3,(H,14,15). The summed E-state index contributed by atoms with van der Waals surface area (Å²) in [7, 11) is -2.42. The monoisotopic (exact) mass is 275 g/mol. The summed E-state index contributed by atoms with van der Waals surface area (Å²) in [5, 5.41) is 8.47. The van der Waals surface area contributed by atoms with Crippen LogP contribution in [0, 0.1) is 5.82 Å². The third-order valence-electron chi connectivity index (χ3n) is 2.37. The van der Waals surface area contributed by atoms with Crippen LogP contribution in [-0.2, 0) is 14.8 Å². The Morgan fingerprint density at radius 2 is 2.11 bits per heavy atom. The van der Waals surface area contributed by atoms with E-state index in [2.05, 4.69) is 0 Å². The first-order valence-electron chi connectivity index (χ1n) is 5.28. The molecule has 0 heterocycles. The first-order chi connectivity index (χ1) is 8.34. The molecule has 7 heteroatoms. The van der Waals surface area contributed by atoms with Gasteiger partial charge in [0.25, 0.3) is 0 Å². The average molecular weight is 275 g/mol. The van der Waals surface area contributed by atoms with Crippen molar-refractivity contribution in [2.24, 2.45) is 0 Å². The minimum absolute atomic E-state index is 0.0746. The Bertz CT molecular complexity index is 530. The van der Waals surface area contributed by atoms with E-state index in [4.69, 9.17) is 5.11 Å². The van der Waals surface area contributed by atoms with Gasteiger partial charge in [-0.2, -0.15) is 0 Å². The number of carboxylic acids is 1. The Labute approximate surface area is 105 Å². The zero-order valence-corrected chi connectivity index (χ0v) is 10.7. The number of sulfonamides is 1. The van der Waals surface area contributed by atoms with Crippen molar-refractivity contribution >= 4 is 16.0 Å². The van der Waals surface area contributed by atoms with Crippen LogP contribution in [0.15, 0.2) is 29.2 Å².